The normalized spacial score (nSPS) is 45.2. The Bertz CT molecular complexity index is 2510. The fourth-order valence-electron chi connectivity index (χ4n) is 21.9. The first-order chi connectivity index (χ1) is 29.9. The Hall–Kier alpha value is -3.92. The van der Waals surface area contributed by atoms with Gasteiger partial charge in [0.1, 0.15) is 11.5 Å². The summed E-state index contributed by atoms with van der Waals surface area (Å²) in [5.41, 5.74) is 27.0. The summed E-state index contributed by atoms with van der Waals surface area (Å²) in [6.07, 6.45) is 22.6. The largest absolute Gasteiger partial charge is 0.505 e. The number of benzene rings is 4. The zero-order valence-electron chi connectivity index (χ0n) is 38.5. The minimum atomic E-state index is -0.760. The van der Waals surface area contributed by atoms with Crippen LogP contribution < -0.4 is 11.5 Å². The molecule has 4 heteroatoms. The molecule has 17 rings (SSSR count). The highest BCUT2D eigenvalue weighted by molar-refractivity contribution is 5.88. The molecule has 0 saturated heterocycles. The quantitative estimate of drug-likeness (QED) is 0.105. The molecular weight excluding hydrogens is 769 g/mol. The topological polar surface area (TPSA) is 92.5 Å². The van der Waals surface area contributed by atoms with Gasteiger partial charge < -0.3 is 21.7 Å². The van der Waals surface area contributed by atoms with Crippen LogP contribution in [0.15, 0.2) is 66.7 Å². The van der Waals surface area contributed by atoms with Crippen LogP contribution in [0.5, 0.6) is 11.5 Å². The van der Waals surface area contributed by atoms with E-state index in [0.717, 1.165) is 78.5 Å². The van der Waals surface area contributed by atoms with E-state index in [1.54, 1.807) is 0 Å². The van der Waals surface area contributed by atoms with E-state index < -0.39 is 5.41 Å². The highest BCUT2D eigenvalue weighted by Gasteiger charge is 2.64. The molecule has 0 amide bonds. The average molecular weight is 839 g/mol. The molecule has 4 atom stereocenters. The molecule has 0 spiro atoms. The van der Waals surface area contributed by atoms with Crippen molar-refractivity contribution in [3.63, 3.8) is 0 Å². The maximum atomic E-state index is 12.5. The van der Waals surface area contributed by atoms with Crippen LogP contribution in [-0.4, -0.2) is 10.2 Å². The SMILES string of the molecule is CC12CC3CC(C)(C1)CC(c1cc(C4(c5cc(N)c(O)c(C67CC8CC(C)(CC(C)(C8)C6)C7)c5)c5ccccc5-c5ccc(C67CC8CC(CC(C8)C6)C7)cc54)cc(N)c1O)(C3)C2. The first kappa shape index (κ1) is 38.4. The van der Waals surface area contributed by atoms with E-state index in [-0.39, 0.29) is 37.9 Å². The summed E-state index contributed by atoms with van der Waals surface area (Å²) in [6.45, 7) is 10.2. The van der Waals surface area contributed by atoms with Gasteiger partial charge in [-0.05, 0) is 235 Å². The second kappa shape index (κ2) is 11.7. The third-order valence-electron chi connectivity index (χ3n) is 21.2. The van der Waals surface area contributed by atoms with Crippen molar-refractivity contribution in [2.24, 2.45) is 51.2 Å². The van der Waals surface area contributed by atoms with Gasteiger partial charge in [-0.2, -0.15) is 0 Å². The van der Waals surface area contributed by atoms with Crippen LogP contribution in [0.4, 0.5) is 11.4 Å². The zero-order chi connectivity index (χ0) is 42.9. The lowest BCUT2D eigenvalue weighted by Crippen LogP contribution is -2.57. The van der Waals surface area contributed by atoms with Gasteiger partial charge in [0, 0.05) is 22.0 Å². The number of nitrogens with two attached hydrogens (primary N) is 2. The van der Waals surface area contributed by atoms with Crippen molar-refractivity contribution in [2.75, 3.05) is 11.5 Å². The van der Waals surface area contributed by atoms with Crippen molar-refractivity contribution in [1.82, 2.24) is 0 Å². The molecule has 63 heavy (non-hydrogen) atoms. The summed E-state index contributed by atoms with van der Waals surface area (Å²) in [6, 6.07) is 26.1. The van der Waals surface area contributed by atoms with Gasteiger partial charge in [-0.3, -0.25) is 0 Å². The number of anilines is 2. The second-order valence-electron chi connectivity index (χ2n) is 27.0. The lowest BCUT2D eigenvalue weighted by atomic mass is 9.39. The van der Waals surface area contributed by atoms with Crippen LogP contribution in [0.1, 0.15) is 182 Å². The molecule has 0 aliphatic heterocycles. The summed E-state index contributed by atoms with van der Waals surface area (Å²) in [5, 5.41) is 24.9. The van der Waals surface area contributed by atoms with Crippen molar-refractivity contribution in [3.8, 4) is 22.6 Å². The monoisotopic (exact) mass is 839 g/mol. The Morgan fingerprint density at radius 3 is 1.29 bits per heavy atom. The molecular formula is C59H70N2O2. The summed E-state index contributed by atoms with van der Waals surface area (Å²) < 4.78 is 0. The minimum absolute atomic E-state index is 0.121. The molecule has 13 aliphatic rings. The zero-order valence-corrected chi connectivity index (χ0v) is 38.5. The molecule has 4 unspecified atom stereocenters. The first-order valence-electron chi connectivity index (χ1n) is 25.4. The van der Waals surface area contributed by atoms with Crippen molar-refractivity contribution >= 4 is 11.4 Å². The number of hydrogen-bond acceptors (Lipinski definition) is 4. The number of phenols is 2. The Labute approximate surface area is 376 Å². The number of nitrogen functional groups attached to an aromatic ring is 2. The lowest BCUT2D eigenvalue weighted by molar-refractivity contribution is -0.110. The Morgan fingerprint density at radius 1 is 0.413 bits per heavy atom. The molecule has 328 valence electrons. The number of fused-ring (bicyclic) bond motifs is 3. The molecule has 4 aromatic rings. The molecule has 4 aromatic carbocycles. The van der Waals surface area contributed by atoms with Gasteiger partial charge in [0.05, 0.1) is 16.8 Å². The van der Waals surface area contributed by atoms with Gasteiger partial charge in [-0.15, -0.1) is 0 Å². The van der Waals surface area contributed by atoms with Crippen LogP contribution in [0.25, 0.3) is 11.1 Å². The third-order valence-corrected chi connectivity index (χ3v) is 21.2. The van der Waals surface area contributed by atoms with Gasteiger partial charge in [0.25, 0.3) is 0 Å². The van der Waals surface area contributed by atoms with E-state index in [2.05, 4.69) is 94.4 Å². The molecule has 4 nitrogen and oxygen atoms in total. The molecule has 0 radical (unpaired) electrons. The maximum Gasteiger partial charge on any atom is 0.142 e. The fraction of sp³-hybridized carbons (Fsp3) is 0.593. The molecule has 0 heterocycles. The summed E-state index contributed by atoms with van der Waals surface area (Å²) in [4.78, 5) is 0. The van der Waals surface area contributed by atoms with E-state index >= 15 is 0 Å². The van der Waals surface area contributed by atoms with Gasteiger partial charge in [-0.1, -0.05) is 70.2 Å². The van der Waals surface area contributed by atoms with Gasteiger partial charge in [-0.25, -0.2) is 0 Å². The van der Waals surface area contributed by atoms with E-state index in [9.17, 15) is 10.2 Å². The van der Waals surface area contributed by atoms with Gasteiger partial charge in [0.15, 0.2) is 0 Å². The first-order valence-corrected chi connectivity index (χ1v) is 25.4. The van der Waals surface area contributed by atoms with E-state index in [0.29, 0.717) is 34.7 Å². The maximum absolute atomic E-state index is 12.5. The lowest BCUT2D eigenvalue weighted by Gasteiger charge is -2.65. The molecule has 0 aromatic heterocycles. The predicted molar refractivity (Wildman–Crippen MR) is 254 cm³/mol. The average Bonchev–Trinajstić information content (AvgIpc) is 3.47. The number of phenolic OH excluding ortho intramolecular Hbond substituents is 2. The Morgan fingerprint density at radius 2 is 0.825 bits per heavy atom. The molecule has 13 aliphatic carbocycles. The standard InChI is InChI=1S/C59H70N2O2/c1-52-19-37-20-53(2,28-52)31-57(26-37,30-52)46-15-40(17-48(60)50(46)62)59(41-16-47(51(63)49(61)18-41)58-27-38-21-54(3,32-58)29-55(4,22-38)33-58)44-8-6-5-7-42(44)43-10-9-39(14-45(43)59)56-23-34-11-35(24-56)13-36(12-34)25-56/h5-10,14-18,34-38,62-63H,11-13,19-33,60-61H2,1-4H3. The van der Waals surface area contributed by atoms with Crippen molar-refractivity contribution in [1.29, 1.82) is 0 Å². The van der Waals surface area contributed by atoms with Crippen molar-refractivity contribution in [2.45, 2.75) is 165 Å². The molecule has 12 bridgehead atoms. The summed E-state index contributed by atoms with van der Waals surface area (Å²) in [7, 11) is 0. The van der Waals surface area contributed by atoms with Crippen LogP contribution in [-0.2, 0) is 21.7 Å². The van der Waals surface area contributed by atoms with Crippen LogP contribution in [0, 0.1) is 51.2 Å². The predicted octanol–water partition coefficient (Wildman–Crippen LogP) is 13.6. The summed E-state index contributed by atoms with van der Waals surface area (Å²) in [5.74, 6) is 4.49. The van der Waals surface area contributed by atoms with E-state index in [1.807, 2.05) is 0 Å². The van der Waals surface area contributed by atoms with Gasteiger partial charge >= 0.3 is 0 Å². The minimum Gasteiger partial charge on any atom is -0.505 e. The molecule has 12 saturated carbocycles. The van der Waals surface area contributed by atoms with E-state index in [1.165, 1.54) is 105 Å². The number of aromatic hydroxyl groups is 2. The molecule has 12 fully saturated rings. The van der Waals surface area contributed by atoms with Crippen LogP contribution in [0.3, 0.4) is 0 Å². The second-order valence-corrected chi connectivity index (χ2v) is 27.0. The number of hydrogen-bond donors (Lipinski definition) is 4. The van der Waals surface area contributed by atoms with Crippen molar-refractivity contribution in [3.05, 3.63) is 106 Å². The highest BCUT2D eigenvalue weighted by Crippen LogP contribution is 2.73. The Kier molecular flexibility index (Phi) is 7.13. The number of rotatable bonds is 5. The fourth-order valence-corrected chi connectivity index (χ4v) is 21.9. The highest BCUT2D eigenvalue weighted by atomic mass is 16.3. The van der Waals surface area contributed by atoms with E-state index in [4.69, 9.17) is 11.5 Å². The Balaban J connectivity index is 1.05. The van der Waals surface area contributed by atoms with Gasteiger partial charge in [0.2, 0.25) is 0 Å². The van der Waals surface area contributed by atoms with Crippen LogP contribution in [0.2, 0.25) is 0 Å². The van der Waals surface area contributed by atoms with Crippen molar-refractivity contribution < 1.29 is 10.2 Å². The summed E-state index contributed by atoms with van der Waals surface area (Å²) >= 11 is 0. The third kappa shape index (κ3) is 5.00. The van der Waals surface area contributed by atoms with Crippen LogP contribution >= 0.6 is 0 Å². The molecule has 6 N–H and O–H groups in total. The smallest absolute Gasteiger partial charge is 0.142 e.